The summed E-state index contributed by atoms with van der Waals surface area (Å²) in [6, 6.07) is 31.1. The van der Waals surface area contributed by atoms with Crippen LogP contribution >= 0.6 is 0 Å². The van der Waals surface area contributed by atoms with Crippen molar-refractivity contribution in [3.05, 3.63) is 130 Å². The number of pyridine rings is 4. The first-order valence-electron chi connectivity index (χ1n) is 16.6. The standard InChI is InChI=1S/C44H38N4/c1-23-13-27(5)45-39(17-23)35-21-36(40-18-24(2)14-28(6)46-40)32-11-12-34-38(42-20-26(4)16-30(8)48-42)22-37(41-19-25(3)15-29(7)47-41)33-10-9-31(35)43(32)44(33)34/h9-22H,1-8H3. The molecule has 8 rings (SSSR count). The normalized spacial score (nSPS) is 11.8. The van der Waals surface area contributed by atoms with Crippen LogP contribution in [0.3, 0.4) is 0 Å². The van der Waals surface area contributed by atoms with Crippen LogP contribution in [0.5, 0.6) is 0 Å². The molecule has 0 saturated heterocycles. The second-order valence-electron chi connectivity index (χ2n) is 13.7. The van der Waals surface area contributed by atoms with Crippen LogP contribution in [-0.4, -0.2) is 19.9 Å². The van der Waals surface area contributed by atoms with Gasteiger partial charge < -0.3 is 0 Å². The smallest absolute Gasteiger partial charge is 0.0714 e. The third kappa shape index (κ3) is 5.00. The number of aryl methyl sites for hydroxylation is 8. The first-order valence-corrected chi connectivity index (χ1v) is 16.6. The maximum absolute atomic E-state index is 5.09. The number of hydrogen-bond donors (Lipinski definition) is 0. The Balaban J connectivity index is 1.60. The molecule has 0 atom stereocenters. The van der Waals surface area contributed by atoms with Gasteiger partial charge in [0.25, 0.3) is 0 Å². The van der Waals surface area contributed by atoms with Crippen LogP contribution in [0.4, 0.5) is 0 Å². The highest BCUT2D eigenvalue weighted by Gasteiger charge is 2.23. The molecule has 4 aromatic heterocycles. The van der Waals surface area contributed by atoms with Crippen LogP contribution in [0, 0.1) is 55.4 Å². The summed E-state index contributed by atoms with van der Waals surface area (Å²) in [7, 11) is 0. The third-order valence-electron chi connectivity index (χ3n) is 9.39. The number of benzene rings is 4. The van der Waals surface area contributed by atoms with E-state index in [1.165, 1.54) is 54.6 Å². The summed E-state index contributed by atoms with van der Waals surface area (Å²) in [6.07, 6.45) is 0. The van der Waals surface area contributed by atoms with Crippen molar-refractivity contribution in [3.8, 4) is 45.0 Å². The molecular formula is C44H38N4. The lowest BCUT2D eigenvalue weighted by Gasteiger charge is -2.21. The molecular weight excluding hydrogens is 585 g/mol. The van der Waals surface area contributed by atoms with Gasteiger partial charge in [-0.05, 0) is 171 Å². The minimum atomic E-state index is 0.975. The molecule has 0 N–H and O–H groups in total. The van der Waals surface area contributed by atoms with Crippen LogP contribution < -0.4 is 0 Å². The second-order valence-corrected chi connectivity index (χ2v) is 13.7. The van der Waals surface area contributed by atoms with E-state index in [0.29, 0.717) is 0 Å². The van der Waals surface area contributed by atoms with Crippen LogP contribution in [-0.2, 0) is 0 Å². The summed E-state index contributed by atoms with van der Waals surface area (Å²) in [6.45, 7) is 16.9. The highest BCUT2D eigenvalue weighted by atomic mass is 14.7. The van der Waals surface area contributed by atoms with Crippen molar-refractivity contribution in [2.24, 2.45) is 0 Å². The molecule has 0 spiro atoms. The molecule has 0 saturated carbocycles. The molecule has 8 aromatic rings. The van der Waals surface area contributed by atoms with Gasteiger partial charge in [-0.15, -0.1) is 0 Å². The highest BCUT2D eigenvalue weighted by molar-refractivity contribution is 6.31. The molecule has 0 aliphatic heterocycles. The predicted octanol–water partition coefficient (Wildman–Crippen LogP) is 11.3. The quantitative estimate of drug-likeness (QED) is 0.183. The fourth-order valence-corrected chi connectivity index (χ4v) is 7.76. The largest absolute Gasteiger partial charge is 0.253 e. The zero-order chi connectivity index (χ0) is 33.4. The Bertz CT molecular complexity index is 2160. The molecule has 4 aromatic carbocycles. The Kier molecular flexibility index (Phi) is 6.89. The highest BCUT2D eigenvalue weighted by Crippen LogP contribution is 2.48. The fourth-order valence-electron chi connectivity index (χ4n) is 7.76. The van der Waals surface area contributed by atoms with Crippen molar-refractivity contribution in [3.63, 3.8) is 0 Å². The Morgan fingerprint density at radius 1 is 0.292 bits per heavy atom. The van der Waals surface area contributed by atoms with E-state index in [2.05, 4.69) is 140 Å². The summed E-state index contributed by atoms with van der Waals surface area (Å²) in [5.74, 6) is 0. The van der Waals surface area contributed by atoms with Gasteiger partial charge in [0, 0.05) is 45.0 Å². The van der Waals surface area contributed by atoms with E-state index >= 15 is 0 Å². The van der Waals surface area contributed by atoms with Gasteiger partial charge in [-0.3, -0.25) is 19.9 Å². The monoisotopic (exact) mass is 622 g/mol. The zero-order valence-electron chi connectivity index (χ0n) is 28.9. The van der Waals surface area contributed by atoms with E-state index < -0.39 is 0 Å². The summed E-state index contributed by atoms with van der Waals surface area (Å²) in [5, 5.41) is 7.15. The van der Waals surface area contributed by atoms with E-state index in [9.17, 15) is 0 Å². The molecule has 0 unspecified atom stereocenters. The molecule has 4 heterocycles. The van der Waals surface area contributed by atoms with E-state index in [1.54, 1.807) is 0 Å². The van der Waals surface area contributed by atoms with Gasteiger partial charge in [-0.1, -0.05) is 24.3 Å². The van der Waals surface area contributed by atoms with Gasteiger partial charge in [0.15, 0.2) is 0 Å². The van der Waals surface area contributed by atoms with Gasteiger partial charge in [0.2, 0.25) is 0 Å². The summed E-state index contributed by atoms with van der Waals surface area (Å²) >= 11 is 0. The minimum Gasteiger partial charge on any atom is -0.253 e. The lowest BCUT2D eigenvalue weighted by Crippen LogP contribution is -1.98. The molecule has 4 heteroatoms. The van der Waals surface area contributed by atoms with Gasteiger partial charge in [-0.2, -0.15) is 0 Å². The second kappa shape index (κ2) is 11.1. The topological polar surface area (TPSA) is 51.6 Å². The van der Waals surface area contributed by atoms with E-state index in [-0.39, 0.29) is 0 Å². The van der Waals surface area contributed by atoms with Crippen molar-refractivity contribution in [1.29, 1.82) is 0 Å². The lowest BCUT2D eigenvalue weighted by molar-refractivity contribution is 1.18. The predicted molar refractivity (Wildman–Crippen MR) is 201 cm³/mol. The van der Waals surface area contributed by atoms with E-state index in [0.717, 1.165) is 67.8 Å². The van der Waals surface area contributed by atoms with Crippen LogP contribution in [0.15, 0.2) is 84.9 Å². The SMILES string of the molecule is Cc1cc(C)nc(-c2cc(-c3cc(C)cc(C)n3)c3ccc4c(-c5cc(C)cc(C)n5)cc(-c5cc(C)cc(C)n5)c5ccc2c3c54)c1. The van der Waals surface area contributed by atoms with Crippen molar-refractivity contribution in [2.45, 2.75) is 55.4 Å². The molecule has 234 valence electrons. The summed E-state index contributed by atoms with van der Waals surface area (Å²) in [5.41, 5.74) is 17.2. The van der Waals surface area contributed by atoms with Gasteiger partial charge in [-0.25, -0.2) is 0 Å². The molecule has 0 aliphatic carbocycles. The fraction of sp³-hybridized carbons (Fsp3) is 0.182. The first-order chi connectivity index (χ1) is 23.0. The average molecular weight is 623 g/mol. The van der Waals surface area contributed by atoms with Gasteiger partial charge in [0.05, 0.1) is 22.8 Å². The summed E-state index contributed by atoms with van der Waals surface area (Å²) < 4.78 is 0. The summed E-state index contributed by atoms with van der Waals surface area (Å²) in [4.78, 5) is 20.3. The third-order valence-corrected chi connectivity index (χ3v) is 9.39. The molecule has 0 amide bonds. The van der Waals surface area contributed by atoms with Crippen LogP contribution in [0.25, 0.3) is 77.3 Å². The minimum absolute atomic E-state index is 0.975. The number of nitrogens with zero attached hydrogens (tertiary/aromatic N) is 4. The molecule has 48 heavy (non-hydrogen) atoms. The first kappa shape index (κ1) is 29.9. The van der Waals surface area contributed by atoms with Crippen molar-refractivity contribution in [1.82, 2.24) is 19.9 Å². The Morgan fingerprint density at radius 3 is 0.729 bits per heavy atom. The van der Waals surface area contributed by atoms with E-state index in [1.807, 2.05) is 0 Å². The Morgan fingerprint density at radius 2 is 0.521 bits per heavy atom. The number of aromatic nitrogens is 4. The van der Waals surface area contributed by atoms with Crippen molar-refractivity contribution in [2.75, 3.05) is 0 Å². The number of hydrogen-bond acceptors (Lipinski definition) is 4. The Hall–Kier alpha value is -5.48. The maximum Gasteiger partial charge on any atom is 0.0714 e. The van der Waals surface area contributed by atoms with Gasteiger partial charge in [0.1, 0.15) is 0 Å². The molecule has 0 aliphatic rings. The lowest BCUT2D eigenvalue weighted by atomic mass is 9.83. The van der Waals surface area contributed by atoms with Crippen molar-refractivity contribution < 1.29 is 0 Å². The Labute approximate surface area is 281 Å². The molecule has 0 radical (unpaired) electrons. The molecule has 0 bridgehead atoms. The zero-order valence-corrected chi connectivity index (χ0v) is 28.9. The average Bonchev–Trinajstić information content (AvgIpc) is 3.01. The molecule has 4 nitrogen and oxygen atoms in total. The maximum atomic E-state index is 5.09. The van der Waals surface area contributed by atoms with Crippen LogP contribution in [0.2, 0.25) is 0 Å². The number of rotatable bonds is 4. The van der Waals surface area contributed by atoms with Crippen molar-refractivity contribution >= 4 is 32.3 Å². The molecule has 0 fully saturated rings. The van der Waals surface area contributed by atoms with Crippen LogP contribution in [0.1, 0.15) is 45.0 Å². The van der Waals surface area contributed by atoms with E-state index in [4.69, 9.17) is 19.9 Å². The van der Waals surface area contributed by atoms with Gasteiger partial charge >= 0.3 is 0 Å².